The van der Waals surface area contributed by atoms with Gasteiger partial charge in [0, 0.05) is 20.0 Å². The predicted molar refractivity (Wildman–Crippen MR) is 71.2 cm³/mol. The van der Waals surface area contributed by atoms with Crippen LogP contribution in [0.4, 0.5) is 13.2 Å². The average Bonchev–Trinajstić information content (AvgIpc) is 2.39. The van der Waals surface area contributed by atoms with Gasteiger partial charge in [-0.25, -0.2) is 0 Å². The van der Waals surface area contributed by atoms with E-state index < -0.39 is 11.7 Å². The van der Waals surface area contributed by atoms with Crippen molar-refractivity contribution in [2.45, 2.75) is 24.9 Å². The molecule has 2 nitrogen and oxygen atoms in total. The molecule has 0 spiro atoms. The van der Waals surface area contributed by atoms with E-state index in [0.29, 0.717) is 12.6 Å². The second kappa shape index (κ2) is 5.74. The van der Waals surface area contributed by atoms with E-state index in [0.717, 1.165) is 36.0 Å². The molecule has 0 aliphatic carbocycles. The van der Waals surface area contributed by atoms with Crippen LogP contribution in [0.25, 0.3) is 0 Å². The molecule has 0 bridgehead atoms. The van der Waals surface area contributed by atoms with Gasteiger partial charge in [-0.2, -0.15) is 13.2 Å². The lowest BCUT2D eigenvalue weighted by molar-refractivity contribution is -0.932. The van der Waals surface area contributed by atoms with Gasteiger partial charge in [-0.15, -0.1) is 0 Å². The number of rotatable bonds is 3. The lowest BCUT2D eigenvalue weighted by Gasteiger charge is -2.39. The molecule has 1 aromatic carbocycles. The number of methoxy groups -OCH3 is 1. The normalized spacial score (nSPS) is 27.6. The minimum Gasteiger partial charge on any atom is -0.335 e. The monoisotopic (exact) mass is 288 g/mol. The van der Waals surface area contributed by atoms with Gasteiger partial charge in [-0.3, -0.25) is 0 Å². The summed E-state index contributed by atoms with van der Waals surface area (Å²) in [6.45, 7) is 2.69. The number of likely N-dealkylation sites (tertiary alicyclic amines) is 1. The quantitative estimate of drug-likeness (QED) is 0.772. The highest BCUT2D eigenvalue weighted by molar-refractivity contribution is 5.27. The van der Waals surface area contributed by atoms with Gasteiger partial charge < -0.3 is 9.22 Å². The molecule has 1 heterocycles. The first kappa shape index (κ1) is 15.3. The molecule has 1 aliphatic rings. The number of piperidine rings is 1. The third kappa shape index (κ3) is 3.52. The molecule has 0 N–H and O–H groups in total. The molecule has 0 aromatic heterocycles. The van der Waals surface area contributed by atoms with E-state index in [-0.39, 0.29) is 0 Å². The fourth-order valence-corrected chi connectivity index (χ4v) is 2.91. The fourth-order valence-electron chi connectivity index (χ4n) is 2.91. The molecular weight excluding hydrogens is 267 g/mol. The van der Waals surface area contributed by atoms with Gasteiger partial charge in [0.05, 0.1) is 25.7 Å². The molecule has 0 amide bonds. The molecule has 0 saturated carbocycles. The maximum atomic E-state index is 12.5. The summed E-state index contributed by atoms with van der Waals surface area (Å²) in [6, 6.07) is 5.62. The Balaban J connectivity index is 2.01. The summed E-state index contributed by atoms with van der Waals surface area (Å²) in [5.74, 6) is 0.361. The van der Waals surface area contributed by atoms with Crippen molar-refractivity contribution in [1.82, 2.24) is 0 Å². The van der Waals surface area contributed by atoms with Gasteiger partial charge >= 0.3 is 6.18 Å². The molecule has 1 saturated heterocycles. The Morgan fingerprint density at radius 1 is 1.15 bits per heavy atom. The highest BCUT2D eigenvalue weighted by atomic mass is 19.4. The second-order valence-corrected chi connectivity index (χ2v) is 5.88. The predicted octanol–water partition coefficient (Wildman–Crippen LogP) is 3.63. The van der Waals surface area contributed by atoms with E-state index in [2.05, 4.69) is 7.05 Å². The maximum Gasteiger partial charge on any atom is 0.416 e. The number of alkyl halides is 3. The van der Waals surface area contributed by atoms with Crippen molar-refractivity contribution < 1.29 is 22.4 Å². The van der Waals surface area contributed by atoms with Crippen LogP contribution in [0.3, 0.4) is 0 Å². The van der Waals surface area contributed by atoms with Crippen molar-refractivity contribution in [3.05, 3.63) is 35.4 Å². The van der Waals surface area contributed by atoms with Gasteiger partial charge in [0.2, 0.25) is 0 Å². The molecule has 20 heavy (non-hydrogen) atoms. The fraction of sp³-hybridized carbons (Fsp3) is 0.600. The van der Waals surface area contributed by atoms with Crippen LogP contribution in [-0.2, 0) is 10.9 Å². The number of hydrogen-bond acceptors (Lipinski definition) is 1. The number of benzene rings is 1. The van der Waals surface area contributed by atoms with E-state index >= 15 is 0 Å². The van der Waals surface area contributed by atoms with Crippen molar-refractivity contribution in [2.24, 2.45) is 0 Å². The highest BCUT2D eigenvalue weighted by Crippen LogP contribution is 2.33. The van der Waals surface area contributed by atoms with Crippen molar-refractivity contribution >= 4 is 0 Å². The summed E-state index contributed by atoms with van der Waals surface area (Å²) >= 11 is 0. The molecule has 2 rings (SSSR count). The molecule has 1 fully saturated rings. The summed E-state index contributed by atoms with van der Waals surface area (Å²) in [7, 11) is 3.86. The van der Waals surface area contributed by atoms with Crippen molar-refractivity contribution in [3.8, 4) is 0 Å². The van der Waals surface area contributed by atoms with Crippen LogP contribution in [0.5, 0.6) is 0 Å². The molecule has 0 atom stereocenters. The van der Waals surface area contributed by atoms with Crippen LogP contribution in [0.2, 0.25) is 0 Å². The second-order valence-electron chi connectivity index (χ2n) is 5.88. The third-order valence-electron chi connectivity index (χ3n) is 4.18. The zero-order valence-corrected chi connectivity index (χ0v) is 11.9. The van der Waals surface area contributed by atoms with Crippen molar-refractivity contribution in [3.63, 3.8) is 0 Å². The SMILES string of the molecule is COC[N+]1(C)CCC(c2ccc(C(F)(F)F)cc2)CC1. The summed E-state index contributed by atoms with van der Waals surface area (Å²) in [5.41, 5.74) is 0.443. The Kier molecular flexibility index (Phi) is 4.39. The van der Waals surface area contributed by atoms with Gasteiger partial charge in [0.15, 0.2) is 6.73 Å². The Labute approximate surface area is 117 Å². The highest BCUT2D eigenvalue weighted by Gasteiger charge is 2.32. The van der Waals surface area contributed by atoms with Crippen LogP contribution in [-0.4, -0.2) is 38.5 Å². The van der Waals surface area contributed by atoms with E-state index in [1.54, 1.807) is 19.2 Å². The van der Waals surface area contributed by atoms with Crippen LogP contribution in [0.15, 0.2) is 24.3 Å². The Morgan fingerprint density at radius 3 is 2.15 bits per heavy atom. The molecule has 1 aromatic rings. The van der Waals surface area contributed by atoms with Crippen molar-refractivity contribution in [1.29, 1.82) is 0 Å². The third-order valence-corrected chi connectivity index (χ3v) is 4.18. The summed E-state index contributed by atoms with van der Waals surface area (Å²) in [6.07, 6.45) is -2.27. The molecular formula is C15H21F3NO+. The number of halogens is 3. The Hall–Kier alpha value is -1.07. The van der Waals surface area contributed by atoms with Gasteiger partial charge in [-0.05, 0) is 23.6 Å². The first-order valence-corrected chi connectivity index (χ1v) is 6.84. The average molecular weight is 288 g/mol. The molecule has 1 aliphatic heterocycles. The van der Waals surface area contributed by atoms with E-state index in [4.69, 9.17) is 4.74 Å². The largest absolute Gasteiger partial charge is 0.416 e. The van der Waals surface area contributed by atoms with Crippen LogP contribution in [0, 0.1) is 0 Å². The zero-order valence-electron chi connectivity index (χ0n) is 11.9. The lowest BCUT2D eigenvalue weighted by atomic mass is 9.88. The van der Waals surface area contributed by atoms with Crippen molar-refractivity contribution in [2.75, 3.05) is 34.0 Å². The zero-order chi connectivity index (χ0) is 14.8. The number of nitrogens with zero attached hydrogens (tertiary/aromatic N) is 1. The minimum atomic E-state index is -4.25. The smallest absolute Gasteiger partial charge is 0.335 e. The molecule has 112 valence electrons. The lowest BCUT2D eigenvalue weighted by Crippen LogP contribution is -2.50. The number of quaternary nitrogens is 1. The van der Waals surface area contributed by atoms with Gasteiger partial charge in [0.1, 0.15) is 0 Å². The molecule has 5 heteroatoms. The summed E-state index contributed by atoms with van der Waals surface area (Å²) < 4.78 is 43.7. The number of hydrogen-bond donors (Lipinski definition) is 0. The Morgan fingerprint density at radius 2 is 1.70 bits per heavy atom. The molecule has 0 radical (unpaired) electrons. The topological polar surface area (TPSA) is 9.23 Å². The van der Waals surface area contributed by atoms with Gasteiger partial charge in [0.25, 0.3) is 0 Å². The van der Waals surface area contributed by atoms with Gasteiger partial charge in [-0.1, -0.05) is 12.1 Å². The van der Waals surface area contributed by atoms with E-state index in [1.807, 2.05) is 0 Å². The maximum absolute atomic E-state index is 12.5. The standard InChI is InChI=1S/C15H21F3NO/c1-19(11-20-2)9-7-13(8-10-19)12-3-5-14(6-4-12)15(16,17)18/h3-6,13H,7-11H2,1-2H3/q+1. The summed E-state index contributed by atoms with van der Waals surface area (Å²) in [5, 5.41) is 0. The van der Waals surface area contributed by atoms with E-state index in [1.165, 1.54) is 12.1 Å². The van der Waals surface area contributed by atoms with Crippen LogP contribution in [0.1, 0.15) is 29.9 Å². The van der Waals surface area contributed by atoms with E-state index in [9.17, 15) is 13.2 Å². The molecule has 0 unspecified atom stereocenters. The number of ether oxygens (including phenoxy) is 1. The van der Waals surface area contributed by atoms with Crippen LogP contribution < -0.4 is 0 Å². The van der Waals surface area contributed by atoms with Crippen LogP contribution >= 0.6 is 0 Å². The Bertz CT molecular complexity index is 433. The first-order chi connectivity index (χ1) is 9.34. The first-order valence-electron chi connectivity index (χ1n) is 6.84. The summed E-state index contributed by atoms with van der Waals surface area (Å²) in [4.78, 5) is 0. The minimum absolute atomic E-state index is 0.361.